The molecule has 0 aromatic heterocycles. The van der Waals surface area contributed by atoms with E-state index in [1.807, 2.05) is 34.0 Å². The zero-order valence-corrected chi connectivity index (χ0v) is 14.1. The van der Waals surface area contributed by atoms with E-state index in [0.29, 0.717) is 11.7 Å². The first-order chi connectivity index (χ1) is 10.5. The molecule has 1 aromatic rings. The highest BCUT2D eigenvalue weighted by Gasteiger charge is 2.24. The van der Waals surface area contributed by atoms with Crippen LogP contribution in [0.25, 0.3) is 0 Å². The molecule has 0 spiro atoms. The summed E-state index contributed by atoms with van der Waals surface area (Å²) < 4.78 is 5.79. The van der Waals surface area contributed by atoms with Crippen LogP contribution in [-0.2, 0) is 0 Å². The monoisotopic (exact) mass is 307 g/mol. The number of hydrogen-bond donors (Lipinski definition) is 3. The van der Waals surface area contributed by atoms with Gasteiger partial charge >= 0.3 is 0 Å². The summed E-state index contributed by atoms with van der Waals surface area (Å²) in [6.45, 7) is 6.08. The molecule has 0 bridgehead atoms. The molecule has 22 heavy (non-hydrogen) atoms. The van der Waals surface area contributed by atoms with Gasteiger partial charge in [-0.25, -0.2) is 10.9 Å². The van der Waals surface area contributed by atoms with Crippen molar-refractivity contribution in [1.82, 2.24) is 16.0 Å². The Labute approximate surface area is 133 Å². The molecule has 0 aliphatic carbocycles. The zero-order valence-electron chi connectivity index (χ0n) is 14.1. The van der Waals surface area contributed by atoms with Crippen molar-refractivity contribution in [3.05, 3.63) is 18.2 Å². The van der Waals surface area contributed by atoms with Gasteiger partial charge in [0.05, 0.1) is 11.8 Å². The molecular formula is C16H29N5O. The quantitative estimate of drug-likeness (QED) is 0.548. The fourth-order valence-corrected chi connectivity index (χ4v) is 2.93. The van der Waals surface area contributed by atoms with Gasteiger partial charge in [-0.3, -0.25) is 0 Å². The van der Waals surface area contributed by atoms with Crippen LogP contribution >= 0.6 is 0 Å². The number of ether oxygens (including phenoxy) is 1. The smallest absolute Gasteiger partial charge is 0.144 e. The van der Waals surface area contributed by atoms with Crippen LogP contribution in [0.3, 0.4) is 0 Å². The van der Waals surface area contributed by atoms with Gasteiger partial charge in [0.1, 0.15) is 5.75 Å². The van der Waals surface area contributed by atoms with Crippen LogP contribution in [0.1, 0.15) is 26.7 Å². The molecule has 0 saturated carbocycles. The summed E-state index contributed by atoms with van der Waals surface area (Å²) in [6.07, 6.45) is 2.34. The number of hydrazine groups is 2. The molecule has 124 valence electrons. The lowest BCUT2D eigenvalue weighted by atomic mass is 10.0. The minimum absolute atomic E-state index is 0.128. The molecule has 1 heterocycles. The van der Waals surface area contributed by atoms with E-state index in [4.69, 9.17) is 10.5 Å². The third-order valence-corrected chi connectivity index (χ3v) is 4.04. The van der Waals surface area contributed by atoms with Gasteiger partial charge in [-0.2, -0.15) is 5.12 Å². The van der Waals surface area contributed by atoms with Gasteiger partial charge in [0, 0.05) is 45.0 Å². The van der Waals surface area contributed by atoms with Crippen LogP contribution in [0.2, 0.25) is 0 Å². The number of hydrogen-bond acceptors (Lipinski definition) is 6. The number of nitrogens with one attached hydrogen (secondary N) is 2. The lowest BCUT2D eigenvalue weighted by molar-refractivity contribution is 0.0675. The Morgan fingerprint density at radius 1 is 1.23 bits per heavy atom. The molecule has 1 aliphatic heterocycles. The van der Waals surface area contributed by atoms with Crippen molar-refractivity contribution in [2.24, 2.45) is 0 Å². The van der Waals surface area contributed by atoms with Gasteiger partial charge in [0.25, 0.3) is 0 Å². The molecule has 1 aromatic carbocycles. The second-order valence-corrected chi connectivity index (χ2v) is 5.92. The molecular weight excluding hydrogens is 278 g/mol. The first kappa shape index (κ1) is 16.9. The number of anilines is 2. The summed E-state index contributed by atoms with van der Waals surface area (Å²) in [6, 6.07) is 6.58. The molecule has 4 N–H and O–H groups in total. The van der Waals surface area contributed by atoms with Crippen molar-refractivity contribution >= 4 is 11.4 Å². The van der Waals surface area contributed by atoms with Gasteiger partial charge in [-0.1, -0.05) is 0 Å². The molecule has 1 saturated heterocycles. The van der Waals surface area contributed by atoms with E-state index in [-0.39, 0.29) is 6.10 Å². The van der Waals surface area contributed by atoms with E-state index in [9.17, 15) is 0 Å². The van der Waals surface area contributed by atoms with Crippen LogP contribution in [-0.4, -0.2) is 44.4 Å². The SMILES string of the molecule is CNN(NC)C1CCN(c2ccc(N)c(OC(C)C)c2)CC1. The van der Waals surface area contributed by atoms with E-state index < -0.39 is 0 Å². The average Bonchev–Trinajstić information content (AvgIpc) is 2.51. The average molecular weight is 307 g/mol. The first-order valence-electron chi connectivity index (χ1n) is 8.00. The number of piperidine rings is 1. The van der Waals surface area contributed by atoms with Gasteiger partial charge in [0.2, 0.25) is 0 Å². The Morgan fingerprint density at radius 2 is 1.86 bits per heavy atom. The van der Waals surface area contributed by atoms with Crippen molar-refractivity contribution in [3.63, 3.8) is 0 Å². The number of rotatable bonds is 6. The molecule has 0 amide bonds. The van der Waals surface area contributed by atoms with Crippen molar-refractivity contribution in [2.75, 3.05) is 37.8 Å². The highest BCUT2D eigenvalue weighted by molar-refractivity contribution is 5.62. The summed E-state index contributed by atoms with van der Waals surface area (Å²) in [5.74, 6) is 0.779. The lowest BCUT2D eigenvalue weighted by Gasteiger charge is -2.38. The summed E-state index contributed by atoms with van der Waals surface area (Å²) in [5.41, 5.74) is 14.2. The molecule has 0 atom stereocenters. The normalized spacial score (nSPS) is 16.5. The third kappa shape index (κ3) is 4.03. The maximum absolute atomic E-state index is 6.00. The largest absolute Gasteiger partial charge is 0.489 e. The summed E-state index contributed by atoms with van der Waals surface area (Å²) in [4.78, 5) is 2.40. The van der Waals surface area contributed by atoms with Crippen LogP contribution in [0, 0.1) is 0 Å². The number of benzene rings is 1. The molecule has 6 heteroatoms. The molecule has 6 nitrogen and oxygen atoms in total. The maximum Gasteiger partial charge on any atom is 0.144 e. The Hall–Kier alpha value is -1.50. The van der Waals surface area contributed by atoms with Crippen LogP contribution in [0.4, 0.5) is 11.4 Å². The molecule has 0 unspecified atom stereocenters. The van der Waals surface area contributed by atoms with E-state index in [0.717, 1.165) is 31.7 Å². The molecule has 2 rings (SSSR count). The highest BCUT2D eigenvalue weighted by Crippen LogP contribution is 2.30. The third-order valence-electron chi connectivity index (χ3n) is 4.04. The van der Waals surface area contributed by atoms with E-state index in [2.05, 4.69) is 33.0 Å². The van der Waals surface area contributed by atoms with E-state index >= 15 is 0 Å². The Bertz CT molecular complexity index is 468. The van der Waals surface area contributed by atoms with Crippen molar-refractivity contribution in [1.29, 1.82) is 0 Å². The second kappa shape index (κ2) is 7.67. The van der Waals surface area contributed by atoms with E-state index in [1.54, 1.807) is 0 Å². The summed E-state index contributed by atoms with van der Waals surface area (Å²) >= 11 is 0. The number of nitrogen functional groups attached to an aromatic ring is 1. The van der Waals surface area contributed by atoms with Gasteiger partial charge in [-0.05, 0) is 38.8 Å². The number of nitrogens with zero attached hydrogens (tertiary/aromatic N) is 2. The number of nitrogens with two attached hydrogens (primary N) is 1. The van der Waals surface area contributed by atoms with Crippen molar-refractivity contribution in [2.45, 2.75) is 38.8 Å². The van der Waals surface area contributed by atoms with Crippen molar-refractivity contribution in [3.8, 4) is 5.75 Å². The Kier molecular flexibility index (Phi) is 5.88. The Balaban J connectivity index is 2.02. The lowest BCUT2D eigenvalue weighted by Crippen LogP contribution is -2.54. The topological polar surface area (TPSA) is 65.8 Å². The standard InChI is InChI=1S/C16H29N5O/c1-12(2)22-16-11-14(5-6-15(16)17)20-9-7-13(8-10-20)21(18-3)19-4/h5-6,11-13,18-19H,7-10,17H2,1-4H3. The maximum atomic E-state index is 6.00. The van der Waals surface area contributed by atoms with Crippen molar-refractivity contribution < 1.29 is 4.74 Å². The van der Waals surface area contributed by atoms with Gasteiger partial charge in [0.15, 0.2) is 0 Å². The van der Waals surface area contributed by atoms with Gasteiger partial charge in [-0.15, -0.1) is 0 Å². The second-order valence-electron chi connectivity index (χ2n) is 5.92. The minimum Gasteiger partial charge on any atom is -0.489 e. The zero-order chi connectivity index (χ0) is 16.1. The first-order valence-corrected chi connectivity index (χ1v) is 8.00. The fourth-order valence-electron chi connectivity index (χ4n) is 2.93. The van der Waals surface area contributed by atoms with Crippen LogP contribution in [0.5, 0.6) is 5.75 Å². The minimum atomic E-state index is 0.128. The molecule has 1 fully saturated rings. The van der Waals surface area contributed by atoms with Crippen LogP contribution < -0.4 is 26.2 Å². The molecule has 1 aliphatic rings. The Morgan fingerprint density at radius 3 is 2.41 bits per heavy atom. The summed E-state index contributed by atoms with van der Waals surface area (Å²) in [5, 5.41) is 2.08. The summed E-state index contributed by atoms with van der Waals surface area (Å²) in [7, 11) is 3.89. The van der Waals surface area contributed by atoms with Gasteiger partial charge < -0.3 is 15.4 Å². The van der Waals surface area contributed by atoms with E-state index in [1.165, 1.54) is 5.69 Å². The fraction of sp³-hybridized carbons (Fsp3) is 0.625. The van der Waals surface area contributed by atoms with Crippen LogP contribution in [0.15, 0.2) is 18.2 Å². The predicted molar refractivity (Wildman–Crippen MR) is 91.8 cm³/mol. The predicted octanol–water partition coefficient (Wildman–Crippen LogP) is 1.60. The highest BCUT2D eigenvalue weighted by atomic mass is 16.5. The molecule has 0 radical (unpaired) electrons.